The maximum absolute atomic E-state index is 12.3. The summed E-state index contributed by atoms with van der Waals surface area (Å²) >= 11 is 0.750. The average Bonchev–Trinajstić information content (AvgIpc) is 3.00. The van der Waals surface area contributed by atoms with Crippen molar-refractivity contribution < 1.29 is 13.5 Å². The predicted octanol–water partition coefficient (Wildman–Crippen LogP) is 8.45. The Balaban J connectivity index is 0.000000385. The number of rotatable bonds is 9. The van der Waals surface area contributed by atoms with Crippen LogP contribution in [0.15, 0.2) is 53.4 Å². The molecule has 0 spiro atoms. The van der Waals surface area contributed by atoms with Crippen molar-refractivity contribution in [3.05, 3.63) is 48.5 Å². The Morgan fingerprint density at radius 1 is 1.00 bits per heavy atom. The summed E-state index contributed by atoms with van der Waals surface area (Å²) in [4.78, 5) is 5.61. The molecular formula is C33H57N3O3S2. The van der Waals surface area contributed by atoms with Gasteiger partial charge in [0.25, 0.3) is 0 Å². The van der Waals surface area contributed by atoms with Crippen LogP contribution in [-0.4, -0.2) is 64.8 Å². The number of anilines is 2. The molecule has 8 heteroatoms. The van der Waals surface area contributed by atoms with Gasteiger partial charge in [0, 0.05) is 61.1 Å². The summed E-state index contributed by atoms with van der Waals surface area (Å²) in [5.74, 6) is 2.48. The van der Waals surface area contributed by atoms with Crippen LogP contribution in [0.5, 0.6) is 5.75 Å². The maximum Gasteiger partial charge on any atom is 0.124 e. The summed E-state index contributed by atoms with van der Waals surface area (Å²) in [5.41, 5.74) is 2.29. The van der Waals surface area contributed by atoms with E-state index in [1.165, 1.54) is 18.5 Å². The van der Waals surface area contributed by atoms with Crippen molar-refractivity contribution in [3.8, 4) is 5.75 Å². The van der Waals surface area contributed by atoms with Crippen molar-refractivity contribution in [2.24, 2.45) is 11.8 Å². The first kappa shape index (κ1) is 37.3. The third-order valence-corrected chi connectivity index (χ3v) is 9.32. The lowest BCUT2D eigenvalue weighted by molar-refractivity contribution is 0.0237. The first-order chi connectivity index (χ1) is 19.7. The molecule has 1 N–H and O–H groups in total. The lowest BCUT2D eigenvalue weighted by Crippen LogP contribution is -2.53. The molecule has 2 aromatic carbocycles. The number of likely N-dealkylation sites (N-methyl/N-ethyl adjacent to an activating group) is 1. The Hall–Kier alpha value is -1.74. The molecule has 6 nitrogen and oxygen atoms in total. The summed E-state index contributed by atoms with van der Waals surface area (Å²) < 4.78 is 28.8. The second-order valence-corrected chi connectivity index (χ2v) is 13.3. The summed E-state index contributed by atoms with van der Waals surface area (Å²) in [6.45, 7) is 24.2. The van der Waals surface area contributed by atoms with Crippen LogP contribution in [0.4, 0.5) is 11.4 Å². The monoisotopic (exact) mass is 607 g/mol. The Labute approximate surface area is 258 Å². The van der Waals surface area contributed by atoms with Crippen LogP contribution in [-0.2, 0) is 11.0 Å². The molecule has 0 saturated carbocycles. The fourth-order valence-corrected chi connectivity index (χ4v) is 6.04. The largest absolute Gasteiger partial charge is 0.488 e. The molecule has 0 aliphatic carbocycles. The van der Waals surface area contributed by atoms with E-state index in [1.807, 2.05) is 83.2 Å². The van der Waals surface area contributed by atoms with Crippen LogP contribution in [0.2, 0.25) is 0 Å². The average molecular weight is 608 g/mol. The molecule has 0 radical (unpaired) electrons. The summed E-state index contributed by atoms with van der Waals surface area (Å²) in [6.07, 6.45) is 2.86. The predicted molar refractivity (Wildman–Crippen MR) is 182 cm³/mol. The zero-order valence-electron chi connectivity index (χ0n) is 27.3. The minimum atomic E-state index is -0.978. The topological polar surface area (TPSA) is 56.2 Å². The molecule has 0 aromatic heterocycles. The van der Waals surface area contributed by atoms with Gasteiger partial charge >= 0.3 is 0 Å². The minimum absolute atomic E-state index is 0.135. The third kappa shape index (κ3) is 12.2. The molecule has 0 bridgehead atoms. The van der Waals surface area contributed by atoms with Crippen LogP contribution in [0.1, 0.15) is 75.2 Å². The molecule has 2 aliphatic rings. The number of benzene rings is 2. The summed E-state index contributed by atoms with van der Waals surface area (Å²) in [5, 5.41) is 0.135. The molecule has 2 heterocycles. The van der Waals surface area contributed by atoms with Crippen LogP contribution < -0.4 is 13.9 Å². The molecule has 2 aliphatic heterocycles. The highest BCUT2D eigenvalue weighted by molar-refractivity contribution is 7.93. The standard InChI is InChI=1S/C18H30N2OS.C11H15NO2S.2C2H6/c1-14(2)16-9-11-20(12-10-16)18-8-6-7-17(13-18)19(5)22(21)15(3)4;1-2-12-7-10(8-12)14-9-4-3-5-11(6-9)15-13;2*1-2/h6-8,13-16H,9-12H2,1-5H3;3-6,10,13H,2,7-8H2,1H3;2*1-2H3. The van der Waals surface area contributed by atoms with Gasteiger partial charge in [0.15, 0.2) is 0 Å². The Bertz CT molecular complexity index is 991. The van der Waals surface area contributed by atoms with Gasteiger partial charge in [-0.1, -0.05) is 60.6 Å². The maximum atomic E-state index is 12.3. The smallest absolute Gasteiger partial charge is 0.124 e. The highest BCUT2D eigenvalue weighted by Gasteiger charge is 2.26. The molecule has 1 atom stereocenters. The SMILES string of the molecule is CC.CC.CC(C)C1CCN(c2cccc(N(C)S(=O)C(C)C)c2)CC1.CCN1CC(Oc2cccc(SO)c2)C1. The molecule has 2 fully saturated rings. The van der Waals surface area contributed by atoms with E-state index in [1.54, 1.807) is 0 Å². The van der Waals surface area contributed by atoms with Crippen molar-refractivity contribution in [3.63, 3.8) is 0 Å². The van der Waals surface area contributed by atoms with Gasteiger partial charge in [0.05, 0.1) is 5.69 Å². The van der Waals surface area contributed by atoms with Crippen LogP contribution in [0.3, 0.4) is 0 Å². The second kappa shape index (κ2) is 20.2. The molecule has 2 aromatic rings. The molecule has 234 valence electrons. The molecule has 1 unspecified atom stereocenters. The quantitative estimate of drug-likeness (QED) is 0.289. The van der Waals surface area contributed by atoms with Gasteiger partial charge < -0.3 is 14.2 Å². The summed E-state index contributed by atoms with van der Waals surface area (Å²) in [7, 11) is 0.939. The van der Waals surface area contributed by atoms with E-state index in [2.05, 4.69) is 48.8 Å². The van der Waals surface area contributed by atoms with Gasteiger partial charge in [-0.2, -0.15) is 0 Å². The van der Waals surface area contributed by atoms with Gasteiger partial charge in [0.1, 0.15) is 22.8 Å². The van der Waals surface area contributed by atoms with Gasteiger partial charge in [0.2, 0.25) is 0 Å². The zero-order chi connectivity index (χ0) is 30.9. The van der Waals surface area contributed by atoms with Crippen LogP contribution in [0.25, 0.3) is 0 Å². The molecule has 0 amide bonds. The van der Waals surface area contributed by atoms with Crippen molar-refractivity contribution in [2.75, 3.05) is 49.0 Å². The minimum Gasteiger partial charge on any atom is -0.488 e. The number of likely N-dealkylation sites (tertiary alicyclic amines) is 1. The van der Waals surface area contributed by atoms with E-state index < -0.39 is 11.0 Å². The van der Waals surface area contributed by atoms with E-state index in [9.17, 15) is 4.21 Å². The second-order valence-electron chi connectivity index (χ2n) is 10.6. The molecule has 41 heavy (non-hydrogen) atoms. The highest BCUT2D eigenvalue weighted by atomic mass is 32.2. The van der Waals surface area contributed by atoms with Crippen molar-refractivity contribution in [2.45, 2.75) is 91.4 Å². The number of piperidine rings is 1. The zero-order valence-corrected chi connectivity index (χ0v) is 28.9. The molecule has 2 saturated heterocycles. The lowest BCUT2D eigenvalue weighted by atomic mass is 9.86. The van der Waals surface area contributed by atoms with Crippen molar-refractivity contribution in [1.82, 2.24) is 4.90 Å². The lowest BCUT2D eigenvalue weighted by Gasteiger charge is -2.38. The van der Waals surface area contributed by atoms with Crippen molar-refractivity contribution >= 4 is 34.4 Å². The molecule has 4 rings (SSSR count). The van der Waals surface area contributed by atoms with E-state index in [4.69, 9.17) is 9.29 Å². The Morgan fingerprint density at radius 3 is 2.15 bits per heavy atom. The first-order valence-corrected chi connectivity index (χ1v) is 17.5. The number of ether oxygens (including phenoxy) is 1. The van der Waals surface area contributed by atoms with Crippen LogP contribution >= 0.6 is 12.0 Å². The van der Waals surface area contributed by atoms with Crippen molar-refractivity contribution in [1.29, 1.82) is 0 Å². The highest BCUT2D eigenvalue weighted by Crippen LogP contribution is 2.30. The fourth-order valence-electron chi connectivity index (χ4n) is 4.78. The normalized spacial score (nSPS) is 16.4. The molecular weight excluding hydrogens is 551 g/mol. The number of hydrogen-bond acceptors (Lipinski definition) is 6. The van der Waals surface area contributed by atoms with E-state index in [0.717, 1.165) is 72.9 Å². The van der Waals surface area contributed by atoms with Gasteiger partial charge in [-0.3, -0.25) is 9.21 Å². The van der Waals surface area contributed by atoms with E-state index >= 15 is 0 Å². The summed E-state index contributed by atoms with van der Waals surface area (Å²) in [6, 6.07) is 16.0. The Kier molecular flexibility index (Phi) is 18.4. The van der Waals surface area contributed by atoms with Gasteiger partial charge in [-0.05, 0) is 81.5 Å². The fraction of sp³-hybridized carbons (Fsp3) is 0.636. The van der Waals surface area contributed by atoms with E-state index in [-0.39, 0.29) is 5.25 Å². The first-order valence-electron chi connectivity index (χ1n) is 15.5. The van der Waals surface area contributed by atoms with Crippen LogP contribution in [0, 0.1) is 11.8 Å². The number of nitrogens with zero attached hydrogens (tertiary/aromatic N) is 3. The third-order valence-electron chi connectivity index (χ3n) is 7.30. The number of hydrogen-bond donors (Lipinski definition) is 1. The van der Waals surface area contributed by atoms with E-state index in [0.29, 0.717) is 6.10 Å². The van der Waals surface area contributed by atoms with Gasteiger partial charge in [-0.25, -0.2) is 4.21 Å². The Morgan fingerprint density at radius 2 is 1.61 bits per heavy atom. The van der Waals surface area contributed by atoms with Gasteiger partial charge in [-0.15, -0.1) is 0 Å².